The van der Waals surface area contributed by atoms with Crippen molar-refractivity contribution in [3.05, 3.63) is 0 Å². The number of carbonyl (C=O) groups is 1. The molecule has 0 aromatic heterocycles. The van der Waals surface area contributed by atoms with Crippen molar-refractivity contribution in [1.82, 2.24) is 0 Å². The van der Waals surface area contributed by atoms with Crippen LogP contribution >= 0.6 is 0 Å². The molecule has 0 atom stereocenters. The second-order valence-electron chi connectivity index (χ2n) is 18.2. The lowest BCUT2D eigenvalue weighted by Crippen LogP contribution is -2.05. The predicted molar refractivity (Wildman–Crippen MR) is 249 cm³/mol. The third-order valence-corrected chi connectivity index (χ3v) is 12.5. The van der Waals surface area contributed by atoms with Crippen molar-refractivity contribution in [2.24, 2.45) is 0 Å². The van der Waals surface area contributed by atoms with Gasteiger partial charge in [0.1, 0.15) is 0 Å². The van der Waals surface area contributed by atoms with E-state index in [0.29, 0.717) is 13.0 Å². The second-order valence-corrected chi connectivity index (χ2v) is 18.2. The van der Waals surface area contributed by atoms with E-state index in [2.05, 4.69) is 13.8 Å². The van der Waals surface area contributed by atoms with E-state index in [-0.39, 0.29) is 5.97 Å². The van der Waals surface area contributed by atoms with Gasteiger partial charge < -0.3 is 4.74 Å². The molecule has 55 heavy (non-hydrogen) atoms. The first kappa shape index (κ1) is 54.5. The number of ether oxygens (including phenoxy) is 1. The largest absolute Gasteiger partial charge is 0.466 e. The minimum Gasteiger partial charge on any atom is -0.466 e. The van der Waals surface area contributed by atoms with Crippen molar-refractivity contribution in [2.45, 2.75) is 328 Å². The van der Waals surface area contributed by atoms with Crippen molar-refractivity contribution in [2.75, 3.05) is 6.61 Å². The first-order valence-corrected chi connectivity index (χ1v) is 26.5. The quantitative estimate of drug-likeness (QED) is 0.0454. The van der Waals surface area contributed by atoms with Gasteiger partial charge in [0.25, 0.3) is 0 Å². The maximum atomic E-state index is 12.1. The SMILES string of the molecule is CCCCCCCCCCCCCCCCCCCCCCCCCCCCC(=O)OCCCCCCCCCCCCCCCCCCCCCCCC. The van der Waals surface area contributed by atoms with Gasteiger partial charge in [0, 0.05) is 6.42 Å². The molecule has 0 rings (SSSR count). The molecule has 2 nitrogen and oxygen atoms in total. The highest BCUT2D eigenvalue weighted by Crippen LogP contribution is 2.18. The zero-order valence-corrected chi connectivity index (χ0v) is 38.7. The van der Waals surface area contributed by atoms with Gasteiger partial charge in [-0.2, -0.15) is 0 Å². The molecule has 0 heterocycles. The van der Waals surface area contributed by atoms with Gasteiger partial charge in [0.2, 0.25) is 0 Å². The Labute approximate surface area is 349 Å². The van der Waals surface area contributed by atoms with Crippen LogP contribution in [0, 0.1) is 0 Å². The fourth-order valence-electron chi connectivity index (χ4n) is 8.55. The summed E-state index contributed by atoms with van der Waals surface area (Å²) in [6.07, 6.45) is 68.3. The van der Waals surface area contributed by atoms with E-state index < -0.39 is 0 Å². The summed E-state index contributed by atoms with van der Waals surface area (Å²) in [5.41, 5.74) is 0. The highest BCUT2D eigenvalue weighted by atomic mass is 16.5. The molecule has 0 fully saturated rings. The summed E-state index contributed by atoms with van der Waals surface area (Å²) in [6, 6.07) is 0. The van der Waals surface area contributed by atoms with E-state index in [1.807, 2.05) is 0 Å². The molecule has 0 unspecified atom stereocenters. The van der Waals surface area contributed by atoms with Gasteiger partial charge in [-0.3, -0.25) is 4.79 Å². The van der Waals surface area contributed by atoms with Crippen LogP contribution in [0.15, 0.2) is 0 Å². The zero-order valence-electron chi connectivity index (χ0n) is 38.7. The number of carbonyl (C=O) groups excluding carboxylic acids is 1. The van der Waals surface area contributed by atoms with Crippen LogP contribution in [0.4, 0.5) is 0 Å². The van der Waals surface area contributed by atoms with Crippen LogP contribution in [-0.2, 0) is 9.53 Å². The molecule has 2 heteroatoms. The molecule has 0 spiro atoms. The van der Waals surface area contributed by atoms with Gasteiger partial charge in [-0.1, -0.05) is 309 Å². The Morgan fingerprint density at radius 2 is 0.400 bits per heavy atom. The lowest BCUT2D eigenvalue weighted by molar-refractivity contribution is -0.143. The summed E-state index contributed by atoms with van der Waals surface area (Å²) in [5.74, 6) is 0.0350. The third kappa shape index (κ3) is 51.5. The first-order chi connectivity index (χ1) is 27.3. The van der Waals surface area contributed by atoms with E-state index in [1.54, 1.807) is 0 Å². The van der Waals surface area contributed by atoms with E-state index in [1.165, 1.54) is 295 Å². The van der Waals surface area contributed by atoms with E-state index in [4.69, 9.17) is 4.74 Å². The molecule has 0 aliphatic rings. The smallest absolute Gasteiger partial charge is 0.305 e. The summed E-state index contributed by atoms with van der Waals surface area (Å²) < 4.78 is 5.50. The zero-order chi connectivity index (χ0) is 39.6. The van der Waals surface area contributed by atoms with Crippen molar-refractivity contribution in [3.8, 4) is 0 Å². The molecule has 0 radical (unpaired) electrons. The minimum atomic E-state index is 0.0350. The highest BCUT2D eigenvalue weighted by Gasteiger charge is 2.03. The van der Waals surface area contributed by atoms with Gasteiger partial charge in [-0.15, -0.1) is 0 Å². The Bertz CT molecular complexity index is 673. The Balaban J connectivity index is 3.14. The summed E-state index contributed by atoms with van der Waals surface area (Å²) >= 11 is 0. The number of hydrogen-bond donors (Lipinski definition) is 0. The van der Waals surface area contributed by atoms with Crippen molar-refractivity contribution in [1.29, 1.82) is 0 Å². The lowest BCUT2D eigenvalue weighted by Gasteiger charge is -2.06. The van der Waals surface area contributed by atoms with Crippen molar-refractivity contribution < 1.29 is 9.53 Å². The van der Waals surface area contributed by atoms with Crippen LogP contribution in [0.3, 0.4) is 0 Å². The molecule has 0 aliphatic carbocycles. The number of unbranched alkanes of at least 4 members (excludes halogenated alkanes) is 46. The Morgan fingerprint density at radius 1 is 0.236 bits per heavy atom. The fourth-order valence-corrected chi connectivity index (χ4v) is 8.55. The van der Waals surface area contributed by atoms with Crippen LogP contribution in [0.25, 0.3) is 0 Å². The fraction of sp³-hybridized carbons (Fsp3) is 0.981. The number of esters is 1. The second kappa shape index (κ2) is 51.5. The monoisotopic (exact) mass is 775 g/mol. The summed E-state index contributed by atoms with van der Waals surface area (Å²) in [4.78, 5) is 12.1. The van der Waals surface area contributed by atoms with Gasteiger partial charge in [0.05, 0.1) is 6.61 Å². The van der Waals surface area contributed by atoms with E-state index in [9.17, 15) is 4.79 Å². The molecular formula is C53H106O2. The maximum Gasteiger partial charge on any atom is 0.305 e. The molecule has 0 N–H and O–H groups in total. The molecule has 0 amide bonds. The van der Waals surface area contributed by atoms with Crippen LogP contribution in [0.2, 0.25) is 0 Å². The molecule has 330 valence electrons. The molecular weight excluding hydrogens is 669 g/mol. The molecule has 0 aliphatic heterocycles. The average molecular weight is 775 g/mol. The van der Waals surface area contributed by atoms with Gasteiger partial charge in [-0.05, 0) is 12.8 Å². The van der Waals surface area contributed by atoms with E-state index >= 15 is 0 Å². The minimum absolute atomic E-state index is 0.0350. The standard InChI is InChI=1S/C53H106O2/c1-3-5-7-9-11-13-15-17-19-21-23-25-27-28-29-30-31-33-35-37-39-41-43-45-47-49-51-53(54)55-52-50-48-46-44-42-40-38-36-34-32-26-24-22-20-18-16-14-12-10-8-6-4-2/h3-52H2,1-2H3. The molecule has 0 aromatic rings. The van der Waals surface area contributed by atoms with Gasteiger partial charge in [0.15, 0.2) is 0 Å². The number of rotatable bonds is 50. The van der Waals surface area contributed by atoms with E-state index in [0.717, 1.165) is 12.8 Å². The van der Waals surface area contributed by atoms with Gasteiger partial charge >= 0.3 is 5.97 Å². The normalized spacial score (nSPS) is 11.5. The number of hydrogen-bond acceptors (Lipinski definition) is 2. The van der Waals surface area contributed by atoms with Crippen LogP contribution in [0.5, 0.6) is 0 Å². The lowest BCUT2D eigenvalue weighted by atomic mass is 10.0. The van der Waals surface area contributed by atoms with Gasteiger partial charge in [-0.25, -0.2) is 0 Å². The molecule has 0 bridgehead atoms. The summed E-state index contributed by atoms with van der Waals surface area (Å²) in [6.45, 7) is 5.24. The predicted octanol–water partition coefficient (Wildman–Crippen LogP) is 19.7. The Morgan fingerprint density at radius 3 is 0.600 bits per heavy atom. The maximum absolute atomic E-state index is 12.1. The highest BCUT2D eigenvalue weighted by molar-refractivity contribution is 5.69. The van der Waals surface area contributed by atoms with Crippen LogP contribution < -0.4 is 0 Å². The first-order valence-electron chi connectivity index (χ1n) is 26.5. The topological polar surface area (TPSA) is 26.3 Å². The Hall–Kier alpha value is -0.530. The van der Waals surface area contributed by atoms with Crippen LogP contribution in [-0.4, -0.2) is 12.6 Å². The summed E-state index contributed by atoms with van der Waals surface area (Å²) in [5, 5.41) is 0. The van der Waals surface area contributed by atoms with Crippen LogP contribution in [0.1, 0.15) is 328 Å². The Kier molecular flexibility index (Phi) is 51.0. The summed E-state index contributed by atoms with van der Waals surface area (Å²) in [7, 11) is 0. The molecule has 0 saturated heterocycles. The van der Waals surface area contributed by atoms with Crippen molar-refractivity contribution in [3.63, 3.8) is 0 Å². The molecule has 0 aromatic carbocycles. The molecule has 0 saturated carbocycles. The average Bonchev–Trinajstić information content (AvgIpc) is 3.19. The van der Waals surface area contributed by atoms with Crippen molar-refractivity contribution >= 4 is 5.97 Å². The third-order valence-electron chi connectivity index (χ3n) is 12.5.